The minimum Gasteiger partial charge on any atom is -0.430 e. The predicted octanol–water partition coefficient (Wildman–Crippen LogP) is 2.99. The molecule has 0 bridgehead atoms. The summed E-state index contributed by atoms with van der Waals surface area (Å²) in [6.07, 6.45) is -2.59. The largest absolute Gasteiger partial charge is 0.514 e. The minimum absolute atomic E-state index is 0.386. The second kappa shape index (κ2) is 5.94. The van der Waals surface area contributed by atoms with Gasteiger partial charge in [0, 0.05) is 5.56 Å². The Labute approximate surface area is 126 Å². The lowest BCUT2D eigenvalue weighted by Crippen LogP contribution is -2.47. The van der Waals surface area contributed by atoms with Gasteiger partial charge in [-0.1, -0.05) is 0 Å². The monoisotopic (exact) mass is 338 g/mol. The van der Waals surface area contributed by atoms with Crippen LogP contribution in [-0.4, -0.2) is 31.1 Å². The van der Waals surface area contributed by atoms with E-state index in [2.05, 4.69) is 14.2 Å². The molecule has 1 heterocycles. The van der Waals surface area contributed by atoms with Gasteiger partial charge < -0.3 is 18.9 Å². The van der Waals surface area contributed by atoms with E-state index >= 15 is 0 Å². The van der Waals surface area contributed by atoms with Crippen LogP contribution in [0, 0.1) is 30.2 Å². The lowest BCUT2D eigenvalue weighted by molar-refractivity contribution is -0.119. The van der Waals surface area contributed by atoms with Crippen LogP contribution < -0.4 is 4.74 Å². The van der Waals surface area contributed by atoms with E-state index in [4.69, 9.17) is 4.74 Å². The maximum absolute atomic E-state index is 13.7. The highest BCUT2D eigenvalue weighted by Gasteiger charge is 2.38. The van der Waals surface area contributed by atoms with E-state index in [1.54, 1.807) is 0 Å². The van der Waals surface area contributed by atoms with Gasteiger partial charge in [0.1, 0.15) is 13.2 Å². The highest BCUT2D eigenvalue weighted by Crippen LogP contribution is 2.30. The maximum Gasteiger partial charge on any atom is 0.514 e. The topological polar surface area (TPSA) is 71.1 Å². The average molecular weight is 338 g/mol. The van der Waals surface area contributed by atoms with Crippen LogP contribution in [0.15, 0.2) is 0 Å². The lowest BCUT2D eigenvalue weighted by Gasteiger charge is -2.31. The molecular formula is C13H10F4O6. The maximum atomic E-state index is 13.7. The Morgan fingerprint density at radius 2 is 1.61 bits per heavy atom. The highest BCUT2D eigenvalue weighted by atomic mass is 19.2. The molecule has 1 aromatic rings. The zero-order valence-electron chi connectivity index (χ0n) is 11.9. The van der Waals surface area contributed by atoms with E-state index < -0.39 is 52.5 Å². The van der Waals surface area contributed by atoms with Crippen LogP contribution in [0.2, 0.25) is 0 Å². The minimum atomic E-state index is -2.01. The number of rotatable bonds is 2. The van der Waals surface area contributed by atoms with Gasteiger partial charge >= 0.3 is 12.3 Å². The van der Waals surface area contributed by atoms with Gasteiger partial charge in [-0.15, -0.1) is 0 Å². The summed E-state index contributed by atoms with van der Waals surface area (Å²) in [6, 6.07) is 0. The van der Waals surface area contributed by atoms with Gasteiger partial charge in [0.15, 0.2) is 23.1 Å². The number of cyclic esters (lactones) is 2. The van der Waals surface area contributed by atoms with Gasteiger partial charge in [0.25, 0.3) is 0 Å². The molecule has 1 aromatic carbocycles. The van der Waals surface area contributed by atoms with E-state index in [9.17, 15) is 27.2 Å². The van der Waals surface area contributed by atoms with Crippen molar-refractivity contribution in [1.29, 1.82) is 0 Å². The molecule has 1 saturated heterocycles. The Hall–Kier alpha value is -2.52. The Balaban J connectivity index is 2.17. The third-order valence-corrected chi connectivity index (χ3v) is 2.95. The number of benzene rings is 1. The molecule has 0 amide bonds. The second-order valence-corrected chi connectivity index (χ2v) is 4.94. The van der Waals surface area contributed by atoms with E-state index in [0.29, 0.717) is 0 Å². The van der Waals surface area contributed by atoms with Crippen LogP contribution in [0.4, 0.5) is 27.2 Å². The second-order valence-electron chi connectivity index (χ2n) is 4.94. The molecule has 1 fully saturated rings. The van der Waals surface area contributed by atoms with Gasteiger partial charge in [-0.25, -0.2) is 22.8 Å². The molecule has 0 aromatic heterocycles. The van der Waals surface area contributed by atoms with Crippen LogP contribution >= 0.6 is 0 Å². The van der Waals surface area contributed by atoms with Crippen molar-refractivity contribution in [1.82, 2.24) is 0 Å². The smallest absolute Gasteiger partial charge is 0.430 e. The summed E-state index contributed by atoms with van der Waals surface area (Å²) >= 11 is 0. The van der Waals surface area contributed by atoms with Crippen molar-refractivity contribution in [2.45, 2.75) is 19.4 Å². The Bertz CT molecular complexity index is 636. The average Bonchev–Trinajstić information content (AvgIpc) is 2.51. The van der Waals surface area contributed by atoms with Crippen molar-refractivity contribution in [2.24, 2.45) is 0 Å². The SMILES string of the molecule is Cc1c(F)c(F)c(F)c(OC(=O)OC2(C)COC(=O)OC2)c1F. The van der Waals surface area contributed by atoms with E-state index in [1.165, 1.54) is 6.92 Å². The van der Waals surface area contributed by atoms with Crippen molar-refractivity contribution in [3.8, 4) is 5.75 Å². The van der Waals surface area contributed by atoms with Gasteiger partial charge in [0.05, 0.1) is 0 Å². The van der Waals surface area contributed by atoms with Crippen LogP contribution in [-0.2, 0) is 14.2 Å². The molecule has 0 unspecified atom stereocenters. The molecule has 23 heavy (non-hydrogen) atoms. The molecule has 0 aliphatic carbocycles. The Kier molecular flexibility index (Phi) is 4.35. The lowest BCUT2D eigenvalue weighted by atomic mass is 10.1. The Morgan fingerprint density at radius 3 is 2.17 bits per heavy atom. The normalized spacial score (nSPS) is 16.3. The van der Waals surface area contributed by atoms with Crippen molar-refractivity contribution in [2.75, 3.05) is 13.2 Å². The molecule has 0 radical (unpaired) electrons. The zero-order valence-corrected chi connectivity index (χ0v) is 11.9. The van der Waals surface area contributed by atoms with E-state index in [1.807, 2.05) is 0 Å². The summed E-state index contributed by atoms with van der Waals surface area (Å²) in [7, 11) is 0. The van der Waals surface area contributed by atoms with E-state index in [0.717, 1.165) is 6.92 Å². The molecule has 1 aliphatic heterocycles. The highest BCUT2D eigenvalue weighted by molar-refractivity contribution is 5.65. The molecular weight excluding hydrogens is 328 g/mol. The molecule has 0 N–H and O–H groups in total. The third kappa shape index (κ3) is 3.30. The molecule has 10 heteroatoms. The van der Waals surface area contributed by atoms with Crippen molar-refractivity contribution >= 4 is 12.3 Å². The summed E-state index contributed by atoms with van der Waals surface area (Å²) in [5.41, 5.74) is -2.33. The van der Waals surface area contributed by atoms with Crippen LogP contribution in [0.3, 0.4) is 0 Å². The number of halogens is 4. The molecule has 0 spiro atoms. The number of ether oxygens (including phenoxy) is 4. The first-order chi connectivity index (χ1) is 10.6. The van der Waals surface area contributed by atoms with Crippen LogP contribution in [0.5, 0.6) is 5.75 Å². The van der Waals surface area contributed by atoms with Crippen LogP contribution in [0.1, 0.15) is 12.5 Å². The summed E-state index contributed by atoms with van der Waals surface area (Å²) < 4.78 is 71.6. The fourth-order valence-corrected chi connectivity index (χ4v) is 1.68. The van der Waals surface area contributed by atoms with Crippen LogP contribution in [0.25, 0.3) is 0 Å². The quantitative estimate of drug-likeness (QED) is 0.271. The summed E-state index contributed by atoms with van der Waals surface area (Å²) in [5.74, 6) is -8.77. The number of carbonyl (C=O) groups excluding carboxylic acids is 2. The number of hydrogen-bond donors (Lipinski definition) is 0. The van der Waals surface area contributed by atoms with Crippen molar-refractivity contribution < 1.29 is 46.1 Å². The molecule has 6 nitrogen and oxygen atoms in total. The fraction of sp³-hybridized carbons (Fsp3) is 0.385. The summed E-state index contributed by atoms with van der Waals surface area (Å²) in [5, 5.41) is 0. The number of carbonyl (C=O) groups is 2. The summed E-state index contributed by atoms with van der Waals surface area (Å²) in [6.45, 7) is 1.36. The van der Waals surface area contributed by atoms with Crippen molar-refractivity contribution in [3.05, 3.63) is 28.8 Å². The van der Waals surface area contributed by atoms with Gasteiger partial charge in [-0.05, 0) is 13.8 Å². The third-order valence-electron chi connectivity index (χ3n) is 2.95. The Morgan fingerprint density at radius 1 is 1.04 bits per heavy atom. The fourth-order valence-electron chi connectivity index (χ4n) is 1.68. The first kappa shape index (κ1) is 16.8. The summed E-state index contributed by atoms with van der Waals surface area (Å²) in [4.78, 5) is 22.3. The standard InChI is InChI=1S/C13H10F4O6/c1-5-6(14)8(16)9(17)10(7(5)15)22-12(19)23-13(2)3-20-11(18)21-4-13/h3-4H2,1-2H3. The molecule has 2 rings (SSSR count). The first-order valence-electron chi connectivity index (χ1n) is 6.17. The molecule has 126 valence electrons. The van der Waals surface area contributed by atoms with E-state index in [-0.39, 0.29) is 13.2 Å². The zero-order chi connectivity index (χ0) is 17.4. The molecule has 0 saturated carbocycles. The number of hydrogen-bond acceptors (Lipinski definition) is 6. The predicted molar refractivity (Wildman–Crippen MR) is 63.8 cm³/mol. The first-order valence-corrected chi connectivity index (χ1v) is 6.17. The van der Waals surface area contributed by atoms with Crippen molar-refractivity contribution in [3.63, 3.8) is 0 Å². The molecule has 1 aliphatic rings. The molecule has 0 atom stereocenters. The van der Waals surface area contributed by atoms with Gasteiger partial charge in [0.2, 0.25) is 11.6 Å². The van der Waals surface area contributed by atoms with Gasteiger partial charge in [-0.3, -0.25) is 0 Å². The van der Waals surface area contributed by atoms with Gasteiger partial charge in [-0.2, -0.15) is 4.39 Å².